The van der Waals surface area contributed by atoms with Crippen molar-refractivity contribution in [2.45, 2.75) is 25.8 Å². The van der Waals surface area contributed by atoms with Crippen molar-refractivity contribution in [2.24, 2.45) is 0 Å². The summed E-state index contributed by atoms with van der Waals surface area (Å²) in [6, 6.07) is 10.1. The van der Waals surface area contributed by atoms with E-state index in [2.05, 4.69) is 29.8 Å². The summed E-state index contributed by atoms with van der Waals surface area (Å²) in [7, 11) is 2.21. The average Bonchev–Trinajstić information content (AvgIpc) is 2.69. The summed E-state index contributed by atoms with van der Waals surface area (Å²) in [5, 5.41) is 8.78. The topological polar surface area (TPSA) is 39.5 Å². The molecule has 1 heterocycles. The van der Waals surface area contributed by atoms with Gasteiger partial charge < -0.3 is 9.64 Å². The molecule has 0 aliphatic carbocycles. The molecule has 1 aromatic rings. The number of likely N-dealkylation sites (N-methyl/N-ethyl adjacent to an activating group) is 1. The van der Waals surface area contributed by atoms with Crippen LogP contribution in [0.4, 0.5) is 0 Å². The van der Waals surface area contributed by atoms with Gasteiger partial charge in [0.2, 0.25) is 0 Å². The van der Waals surface area contributed by atoms with E-state index in [1.54, 1.807) is 12.1 Å². The van der Waals surface area contributed by atoms with Gasteiger partial charge in [-0.25, -0.2) is 0 Å². The van der Waals surface area contributed by atoms with E-state index < -0.39 is 0 Å². The highest BCUT2D eigenvalue weighted by Gasteiger charge is 2.21. The normalized spacial score (nSPS) is 20.7. The number of hydrogen-bond donors (Lipinski definition) is 0. The Morgan fingerprint density at radius 2 is 2.05 bits per heavy atom. The highest BCUT2D eigenvalue weighted by molar-refractivity contribution is 5.34. The highest BCUT2D eigenvalue weighted by Crippen LogP contribution is 2.14. The second-order valence-corrected chi connectivity index (χ2v) is 5.70. The van der Waals surface area contributed by atoms with E-state index >= 15 is 0 Å². The van der Waals surface area contributed by atoms with Gasteiger partial charge in [0.05, 0.1) is 11.6 Å². The predicted octanol–water partition coefficient (Wildman–Crippen LogP) is 2.35. The van der Waals surface area contributed by atoms with Crippen molar-refractivity contribution in [2.75, 3.05) is 39.8 Å². The molecule has 4 nitrogen and oxygen atoms in total. The third-order valence-corrected chi connectivity index (χ3v) is 4.13. The predicted molar refractivity (Wildman–Crippen MR) is 84.4 cm³/mol. The Morgan fingerprint density at radius 1 is 1.29 bits per heavy atom. The maximum Gasteiger partial charge on any atom is 0.119 e. The Kier molecular flexibility index (Phi) is 6.04. The van der Waals surface area contributed by atoms with Crippen LogP contribution in [0.1, 0.15) is 25.3 Å². The largest absolute Gasteiger partial charge is 0.492 e. The van der Waals surface area contributed by atoms with Crippen molar-refractivity contribution < 1.29 is 4.74 Å². The van der Waals surface area contributed by atoms with Crippen molar-refractivity contribution in [3.8, 4) is 11.8 Å². The van der Waals surface area contributed by atoms with Gasteiger partial charge >= 0.3 is 0 Å². The molecule has 1 atom stereocenters. The Hall–Kier alpha value is -1.57. The molecule has 1 aliphatic heterocycles. The molecule has 21 heavy (non-hydrogen) atoms. The molecule has 0 bridgehead atoms. The van der Waals surface area contributed by atoms with Crippen LogP contribution in [-0.4, -0.2) is 55.7 Å². The minimum Gasteiger partial charge on any atom is -0.492 e. The number of ether oxygens (including phenoxy) is 1. The first-order valence-electron chi connectivity index (χ1n) is 7.78. The van der Waals surface area contributed by atoms with Crippen LogP contribution in [0, 0.1) is 11.3 Å². The second-order valence-electron chi connectivity index (χ2n) is 5.70. The molecule has 1 saturated heterocycles. The summed E-state index contributed by atoms with van der Waals surface area (Å²) < 4.78 is 5.80. The summed E-state index contributed by atoms with van der Waals surface area (Å²) in [6.45, 7) is 7.41. The zero-order chi connectivity index (χ0) is 15.1. The third-order valence-electron chi connectivity index (χ3n) is 4.13. The zero-order valence-corrected chi connectivity index (χ0v) is 13.1. The van der Waals surface area contributed by atoms with Crippen molar-refractivity contribution in [3.63, 3.8) is 0 Å². The number of nitrogens with zero attached hydrogens (tertiary/aromatic N) is 3. The van der Waals surface area contributed by atoms with E-state index in [1.165, 1.54) is 19.4 Å². The smallest absolute Gasteiger partial charge is 0.119 e. The molecule has 2 rings (SSSR count). The van der Waals surface area contributed by atoms with Crippen molar-refractivity contribution in [3.05, 3.63) is 29.8 Å². The SMILES string of the molecule is CCC1CN(C)CCCN1CCOc1ccc(C#N)cc1. The van der Waals surface area contributed by atoms with Gasteiger partial charge in [0.25, 0.3) is 0 Å². The Labute approximate surface area is 127 Å². The minimum atomic E-state index is 0.627. The van der Waals surface area contributed by atoms with Crippen LogP contribution >= 0.6 is 0 Å². The number of rotatable bonds is 5. The second kappa shape index (κ2) is 8.02. The molecule has 114 valence electrons. The molecule has 1 fully saturated rings. The zero-order valence-electron chi connectivity index (χ0n) is 13.1. The fourth-order valence-electron chi connectivity index (χ4n) is 2.88. The van der Waals surface area contributed by atoms with Crippen molar-refractivity contribution in [1.29, 1.82) is 5.26 Å². The molecule has 0 N–H and O–H groups in total. The molecular weight excluding hydrogens is 262 g/mol. The number of benzene rings is 1. The average molecular weight is 287 g/mol. The molecule has 0 amide bonds. The monoisotopic (exact) mass is 287 g/mol. The van der Waals surface area contributed by atoms with E-state index in [-0.39, 0.29) is 0 Å². The van der Waals surface area contributed by atoms with Crippen LogP contribution in [-0.2, 0) is 0 Å². The first kappa shape index (κ1) is 15.8. The molecular formula is C17H25N3O. The van der Waals surface area contributed by atoms with E-state index in [0.717, 1.165) is 25.4 Å². The van der Waals surface area contributed by atoms with Gasteiger partial charge in [-0.1, -0.05) is 6.92 Å². The van der Waals surface area contributed by atoms with Gasteiger partial charge in [-0.3, -0.25) is 4.90 Å². The van der Waals surface area contributed by atoms with Gasteiger partial charge in [-0.05, 0) is 57.2 Å². The van der Waals surface area contributed by atoms with Crippen LogP contribution in [0.25, 0.3) is 0 Å². The highest BCUT2D eigenvalue weighted by atomic mass is 16.5. The fraction of sp³-hybridized carbons (Fsp3) is 0.588. The van der Waals surface area contributed by atoms with Gasteiger partial charge in [-0.2, -0.15) is 5.26 Å². The lowest BCUT2D eigenvalue weighted by molar-refractivity contribution is 0.152. The van der Waals surface area contributed by atoms with Gasteiger partial charge in [0, 0.05) is 19.1 Å². The van der Waals surface area contributed by atoms with Crippen LogP contribution < -0.4 is 4.74 Å². The standard InChI is InChI=1S/C17H25N3O/c1-3-16-14-19(2)9-4-10-20(16)11-12-21-17-7-5-15(13-18)6-8-17/h5-8,16H,3-4,9-12,14H2,1-2H3. The first-order chi connectivity index (χ1) is 10.2. The molecule has 0 spiro atoms. The van der Waals surface area contributed by atoms with Crippen LogP contribution in [0.15, 0.2) is 24.3 Å². The van der Waals surface area contributed by atoms with Gasteiger partial charge in [0.15, 0.2) is 0 Å². The quantitative estimate of drug-likeness (QED) is 0.833. The van der Waals surface area contributed by atoms with E-state index in [9.17, 15) is 0 Å². The summed E-state index contributed by atoms with van der Waals surface area (Å²) >= 11 is 0. The summed E-state index contributed by atoms with van der Waals surface area (Å²) in [5.74, 6) is 0.842. The maximum absolute atomic E-state index is 8.78. The lowest BCUT2D eigenvalue weighted by atomic mass is 10.2. The fourth-order valence-corrected chi connectivity index (χ4v) is 2.88. The molecule has 1 aliphatic rings. The first-order valence-corrected chi connectivity index (χ1v) is 7.78. The van der Waals surface area contributed by atoms with E-state index in [0.29, 0.717) is 18.2 Å². The van der Waals surface area contributed by atoms with E-state index in [1.807, 2.05) is 12.1 Å². The Morgan fingerprint density at radius 3 is 2.71 bits per heavy atom. The maximum atomic E-state index is 8.78. The summed E-state index contributed by atoms with van der Waals surface area (Å²) in [5.41, 5.74) is 0.670. The minimum absolute atomic E-state index is 0.627. The lowest BCUT2D eigenvalue weighted by Gasteiger charge is -2.29. The van der Waals surface area contributed by atoms with Crippen LogP contribution in [0.5, 0.6) is 5.75 Å². The Bertz CT molecular complexity index is 466. The van der Waals surface area contributed by atoms with Gasteiger partial charge in [-0.15, -0.1) is 0 Å². The van der Waals surface area contributed by atoms with Crippen molar-refractivity contribution in [1.82, 2.24) is 9.80 Å². The van der Waals surface area contributed by atoms with E-state index in [4.69, 9.17) is 10.00 Å². The molecule has 0 radical (unpaired) electrons. The van der Waals surface area contributed by atoms with Crippen LogP contribution in [0.2, 0.25) is 0 Å². The molecule has 1 unspecified atom stereocenters. The summed E-state index contributed by atoms with van der Waals surface area (Å²) in [4.78, 5) is 4.97. The number of hydrogen-bond acceptors (Lipinski definition) is 4. The molecule has 0 saturated carbocycles. The number of nitriles is 1. The Balaban J connectivity index is 1.82. The third kappa shape index (κ3) is 4.73. The van der Waals surface area contributed by atoms with Crippen molar-refractivity contribution >= 4 is 0 Å². The van der Waals surface area contributed by atoms with Gasteiger partial charge in [0.1, 0.15) is 12.4 Å². The molecule has 0 aromatic heterocycles. The lowest BCUT2D eigenvalue weighted by Crippen LogP contribution is -2.41. The van der Waals surface area contributed by atoms with Crippen LogP contribution in [0.3, 0.4) is 0 Å². The summed E-state index contributed by atoms with van der Waals surface area (Å²) in [6.07, 6.45) is 2.41. The molecule has 1 aromatic carbocycles. The molecule has 4 heteroatoms.